The first-order valence-corrected chi connectivity index (χ1v) is 5.07. The maximum absolute atomic E-state index is 9.90. The molecule has 0 spiro atoms. The molecule has 0 saturated heterocycles. The summed E-state index contributed by atoms with van der Waals surface area (Å²) in [6, 6.07) is 5.56. The Balaban J connectivity index is 2.54. The van der Waals surface area contributed by atoms with Gasteiger partial charge >= 0.3 is 0 Å². The van der Waals surface area contributed by atoms with Gasteiger partial charge in [-0.25, -0.2) is 0 Å². The van der Waals surface area contributed by atoms with Gasteiger partial charge in [0, 0.05) is 11.9 Å². The molecule has 3 N–H and O–H groups in total. The minimum absolute atomic E-state index is 0.468. The molecule has 2 rings (SSSR count). The van der Waals surface area contributed by atoms with Crippen molar-refractivity contribution in [2.24, 2.45) is 0 Å². The minimum atomic E-state index is -0.575. The number of halogens is 1. The van der Waals surface area contributed by atoms with Gasteiger partial charge in [-0.15, -0.1) is 0 Å². The van der Waals surface area contributed by atoms with Crippen molar-refractivity contribution in [1.29, 1.82) is 0 Å². The maximum Gasteiger partial charge on any atom is 0.132 e. The van der Waals surface area contributed by atoms with Crippen molar-refractivity contribution in [2.45, 2.75) is 6.10 Å². The SMILES string of the molecule is CNCC(O)c1cccc2n[nH]c(Cl)c12. The summed E-state index contributed by atoms with van der Waals surface area (Å²) >= 11 is 5.97. The van der Waals surface area contributed by atoms with Crippen molar-refractivity contribution in [2.75, 3.05) is 13.6 Å². The summed E-state index contributed by atoms with van der Waals surface area (Å²) in [6.07, 6.45) is -0.575. The first-order chi connectivity index (χ1) is 7.24. The second-order valence-corrected chi connectivity index (χ2v) is 3.73. The average molecular weight is 226 g/mol. The molecule has 0 amide bonds. The quantitative estimate of drug-likeness (QED) is 0.742. The Bertz CT molecular complexity index is 469. The molecule has 1 aromatic heterocycles. The molecular formula is C10H12ClN3O. The standard InChI is InChI=1S/C10H12ClN3O/c1-12-5-8(15)6-3-2-4-7-9(6)10(11)14-13-7/h2-4,8,12,15H,5H2,1H3,(H,13,14). The summed E-state index contributed by atoms with van der Waals surface area (Å²) in [4.78, 5) is 0. The number of aromatic nitrogens is 2. The van der Waals surface area contributed by atoms with Crippen molar-refractivity contribution >= 4 is 22.5 Å². The van der Waals surface area contributed by atoms with Crippen LogP contribution in [0, 0.1) is 0 Å². The molecule has 0 saturated carbocycles. The molecule has 0 aliphatic carbocycles. The van der Waals surface area contributed by atoms with Crippen LogP contribution in [-0.4, -0.2) is 28.9 Å². The molecule has 5 heteroatoms. The maximum atomic E-state index is 9.90. The summed E-state index contributed by atoms with van der Waals surface area (Å²) in [5.74, 6) is 0. The van der Waals surface area contributed by atoms with Crippen LogP contribution < -0.4 is 5.32 Å². The molecule has 0 bridgehead atoms. The van der Waals surface area contributed by atoms with Gasteiger partial charge in [0.1, 0.15) is 5.15 Å². The number of aliphatic hydroxyl groups excluding tert-OH is 1. The molecule has 0 aliphatic rings. The van der Waals surface area contributed by atoms with Crippen LogP contribution in [0.15, 0.2) is 18.2 Å². The molecular weight excluding hydrogens is 214 g/mol. The number of rotatable bonds is 3. The van der Waals surface area contributed by atoms with E-state index in [1.807, 2.05) is 18.2 Å². The lowest BCUT2D eigenvalue weighted by Crippen LogP contribution is -2.16. The smallest absolute Gasteiger partial charge is 0.132 e. The van der Waals surface area contributed by atoms with Crippen molar-refractivity contribution in [3.05, 3.63) is 28.9 Å². The van der Waals surface area contributed by atoms with E-state index in [2.05, 4.69) is 15.5 Å². The van der Waals surface area contributed by atoms with Crippen molar-refractivity contribution in [3.8, 4) is 0 Å². The third-order valence-corrected chi connectivity index (χ3v) is 2.60. The lowest BCUT2D eigenvalue weighted by molar-refractivity contribution is 0.179. The largest absolute Gasteiger partial charge is 0.387 e. The second kappa shape index (κ2) is 4.18. The monoisotopic (exact) mass is 225 g/mol. The topological polar surface area (TPSA) is 60.9 Å². The zero-order chi connectivity index (χ0) is 10.8. The fraction of sp³-hybridized carbons (Fsp3) is 0.300. The van der Waals surface area contributed by atoms with Crippen molar-refractivity contribution in [3.63, 3.8) is 0 Å². The molecule has 1 atom stereocenters. The molecule has 0 radical (unpaired) electrons. The summed E-state index contributed by atoms with van der Waals surface area (Å²) < 4.78 is 0. The summed E-state index contributed by atoms with van der Waals surface area (Å²) in [5, 5.41) is 20.8. The highest BCUT2D eigenvalue weighted by atomic mass is 35.5. The fourth-order valence-corrected chi connectivity index (χ4v) is 1.88. The normalized spacial score (nSPS) is 13.3. The van der Waals surface area contributed by atoms with Crippen molar-refractivity contribution < 1.29 is 5.11 Å². The number of hydrogen-bond acceptors (Lipinski definition) is 3. The lowest BCUT2D eigenvalue weighted by atomic mass is 10.1. The van der Waals surface area contributed by atoms with Crippen LogP contribution in [0.2, 0.25) is 5.15 Å². The molecule has 15 heavy (non-hydrogen) atoms. The Morgan fingerprint density at radius 1 is 1.60 bits per heavy atom. The van der Waals surface area contributed by atoms with Crippen LogP contribution in [0.1, 0.15) is 11.7 Å². The van der Waals surface area contributed by atoms with Gasteiger partial charge in [-0.1, -0.05) is 23.7 Å². The number of aliphatic hydroxyl groups is 1. The van der Waals surface area contributed by atoms with Crippen molar-refractivity contribution in [1.82, 2.24) is 15.5 Å². The number of fused-ring (bicyclic) bond motifs is 1. The number of nitrogens with one attached hydrogen (secondary N) is 2. The van der Waals surface area contributed by atoms with Gasteiger partial charge in [-0.2, -0.15) is 5.10 Å². The first kappa shape index (κ1) is 10.4. The summed E-state index contributed by atoms with van der Waals surface area (Å²) in [6.45, 7) is 0.487. The van der Waals surface area contributed by atoms with Gasteiger partial charge in [0.25, 0.3) is 0 Å². The minimum Gasteiger partial charge on any atom is -0.387 e. The first-order valence-electron chi connectivity index (χ1n) is 4.69. The van der Waals surface area contributed by atoms with Crippen LogP contribution >= 0.6 is 11.6 Å². The van der Waals surface area contributed by atoms with Gasteiger partial charge < -0.3 is 10.4 Å². The summed E-state index contributed by atoms with van der Waals surface area (Å²) in [5.41, 5.74) is 1.56. The number of nitrogens with zero attached hydrogens (tertiary/aromatic N) is 1. The Kier molecular flexibility index (Phi) is 2.90. The van der Waals surface area contributed by atoms with E-state index in [9.17, 15) is 5.11 Å². The van der Waals surface area contributed by atoms with Crippen LogP contribution in [0.3, 0.4) is 0 Å². The van der Waals surface area contributed by atoms with Crippen LogP contribution in [0.4, 0.5) is 0 Å². The van der Waals surface area contributed by atoms with E-state index in [1.165, 1.54) is 0 Å². The molecule has 2 aromatic rings. The van der Waals surface area contributed by atoms with Gasteiger partial charge in [0.2, 0.25) is 0 Å². The molecule has 1 unspecified atom stereocenters. The lowest BCUT2D eigenvalue weighted by Gasteiger charge is -2.11. The van der Waals surface area contributed by atoms with E-state index >= 15 is 0 Å². The van der Waals surface area contributed by atoms with E-state index in [-0.39, 0.29) is 0 Å². The predicted molar refractivity (Wildman–Crippen MR) is 60.0 cm³/mol. The van der Waals surface area contributed by atoms with E-state index in [0.29, 0.717) is 11.7 Å². The Morgan fingerprint density at radius 2 is 2.40 bits per heavy atom. The van der Waals surface area contributed by atoms with E-state index in [4.69, 9.17) is 11.6 Å². The van der Waals surface area contributed by atoms with E-state index in [0.717, 1.165) is 16.5 Å². The number of benzene rings is 1. The Hall–Kier alpha value is -1.10. The molecule has 80 valence electrons. The molecule has 1 heterocycles. The predicted octanol–water partition coefficient (Wildman–Crippen LogP) is 1.47. The van der Waals surface area contributed by atoms with Gasteiger partial charge in [0.05, 0.1) is 11.6 Å². The molecule has 0 fully saturated rings. The zero-order valence-corrected chi connectivity index (χ0v) is 9.04. The highest BCUT2D eigenvalue weighted by Crippen LogP contribution is 2.28. The zero-order valence-electron chi connectivity index (χ0n) is 8.29. The highest BCUT2D eigenvalue weighted by Gasteiger charge is 2.14. The molecule has 0 aliphatic heterocycles. The average Bonchev–Trinajstić information content (AvgIpc) is 2.61. The van der Waals surface area contributed by atoms with Crippen LogP contribution in [0.25, 0.3) is 10.9 Å². The number of likely N-dealkylation sites (N-methyl/N-ethyl adjacent to an activating group) is 1. The third kappa shape index (κ3) is 1.84. The summed E-state index contributed by atoms with van der Waals surface area (Å²) in [7, 11) is 1.79. The Morgan fingerprint density at radius 3 is 3.13 bits per heavy atom. The van der Waals surface area contributed by atoms with Gasteiger partial charge in [-0.3, -0.25) is 5.10 Å². The number of H-pyrrole nitrogens is 1. The second-order valence-electron chi connectivity index (χ2n) is 3.35. The van der Waals surface area contributed by atoms with Crippen LogP contribution in [-0.2, 0) is 0 Å². The number of hydrogen-bond donors (Lipinski definition) is 3. The van der Waals surface area contributed by atoms with Gasteiger partial charge in [-0.05, 0) is 18.7 Å². The van der Waals surface area contributed by atoms with E-state index in [1.54, 1.807) is 7.05 Å². The number of aromatic amines is 1. The van der Waals surface area contributed by atoms with Crippen LogP contribution in [0.5, 0.6) is 0 Å². The molecule has 4 nitrogen and oxygen atoms in total. The Labute approximate surface area is 92.3 Å². The molecule has 1 aromatic carbocycles. The highest BCUT2D eigenvalue weighted by molar-refractivity contribution is 6.34. The van der Waals surface area contributed by atoms with Gasteiger partial charge in [0.15, 0.2) is 0 Å². The van der Waals surface area contributed by atoms with E-state index < -0.39 is 6.10 Å². The third-order valence-electron chi connectivity index (χ3n) is 2.33. The fourth-order valence-electron chi connectivity index (χ4n) is 1.64.